The van der Waals surface area contributed by atoms with E-state index in [9.17, 15) is 22.4 Å². The first-order valence-corrected chi connectivity index (χ1v) is 11.8. The molecule has 7 nitrogen and oxygen atoms in total. The Hall–Kier alpha value is -2.43. The third kappa shape index (κ3) is 5.18. The minimum absolute atomic E-state index is 0.0176. The Morgan fingerprint density at radius 3 is 2.57 bits per heavy atom. The molecule has 30 heavy (non-hydrogen) atoms. The van der Waals surface area contributed by atoms with Gasteiger partial charge in [-0.05, 0) is 55.3 Å². The number of thioether (sulfide) groups is 1. The minimum Gasteiger partial charge on any atom is -0.331 e. The maximum absolute atomic E-state index is 13.0. The third-order valence-corrected chi connectivity index (χ3v) is 7.82. The van der Waals surface area contributed by atoms with Crippen molar-refractivity contribution >= 4 is 39.1 Å². The van der Waals surface area contributed by atoms with E-state index in [4.69, 9.17) is 0 Å². The van der Waals surface area contributed by atoms with Gasteiger partial charge in [0, 0.05) is 12.2 Å². The van der Waals surface area contributed by atoms with Crippen molar-refractivity contribution < 1.29 is 22.4 Å². The highest BCUT2D eigenvalue weighted by atomic mass is 32.2. The number of benzene rings is 2. The number of rotatable bonds is 6. The highest BCUT2D eigenvalue weighted by Gasteiger charge is 2.39. The molecule has 0 bridgehead atoms. The van der Waals surface area contributed by atoms with Gasteiger partial charge in [0.1, 0.15) is 11.3 Å². The van der Waals surface area contributed by atoms with Gasteiger partial charge in [-0.2, -0.15) is 0 Å². The maximum Gasteiger partial charge on any atom is 0.241 e. The molecule has 2 amide bonds. The van der Waals surface area contributed by atoms with E-state index in [2.05, 4.69) is 16.0 Å². The average Bonchev–Trinajstić information content (AvgIpc) is 2.70. The van der Waals surface area contributed by atoms with E-state index in [1.807, 2.05) is 6.07 Å². The zero-order chi connectivity index (χ0) is 21.9. The Morgan fingerprint density at radius 2 is 1.90 bits per heavy atom. The standard InChI is InChI=1S/C20H22FN3O4S2/c1-12-3-4-13(2)16(9-12)30(27,28)17-10-22-20(24-19(17)26)29-11-18(25)23-15-7-5-14(21)6-8-15/h3-9,17,20,22H,10-11H2,1-2H3,(H,23,25)(H,24,26). The van der Waals surface area contributed by atoms with Crippen molar-refractivity contribution in [3.8, 4) is 0 Å². The van der Waals surface area contributed by atoms with E-state index in [0.717, 1.165) is 17.3 Å². The summed E-state index contributed by atoms with van der Waals surface area (Å²) in [6, 6.07) is 10.5. The SMILES string of the molecule is Cc1ccc(C)c(S(=O)(=O)C2CNC(SCC(=O)Nc3ccc(F)cc3)NC2=O)c1. The van der Waals surface area contributed by atoms with Crippen molar-refractivity contribution in [3.63, 3.8) is 0 Å². The molecule has 2 aromatic rings. The lowest BCUT2D eigenvalue weighted by Gasteiger charge is -2.30. The molecule has 2 atom stereocenters. The molecule has 1 aliphatic heterocycles. The topological polar surface area (TPSA) is 104 Å². The molecular weight excluding hydrogens is 429 g/mol. The average molecular weight is 452 g/mol. The fraction of sp³-hybridized carbons (Fsp3) is 0.300. The molecule has 2 unspecified atom stereocenters. The number of hydrogen-bond donors (Lipinski definition) is 3. The summed E-state index contributed by atoms with van der Waals surface area (Å²) in [5, 5.41) is 6.94. The van der Waals surface area contributed by atoms with E-state index >= 15 is 0 Å². The Kier molecular flexibility index (Phi) is 6.79. The van der Waals surface area contributed by atoms with Gasteiger partial charge in [-0.15, -0.1) is 11.8 Å². The molecule has 160 valence electrons. The second kappa shape index (κ2) is 9.15. The first kappa shape index (κ1) is 22.3. The van der Waals surface area contributed by atoms with Crippen LogP contribution in [0.1, 0.15) is 11.1 Å². The molecule has 0 aliphatic carbocycles. The lowest BCUT2D eigenvalue weighted by Crippen LogP contribution is -2.59. The van der Waals surface area contributed by atoms with Gasteiger partial charge in [-0.1, -0.05) is 12.1 Å². The predicted octanol–water partition coefficient (Wildman–Crippen LogP) is 1.96. The number of aryl methyl sites for hydroxylation is 2. The fourth-order valence-electron chi connectivity index (χ4n) is 2.99. The van der Waals surface area contributed by atoms with Gasteiger partial charge in [0.25, 0.3) is 0 Å². The summed E-state index contributed by atoms with van der Waals surface area (Å²) in [6.45, 7) is 3.43. The van der Waals surface area contributed by atoms with Crippen LogP contribution in [0.3, 0.4) is 0 Å². The smallest absolute Gasteiger partial charge is 0.241 e. The van der Waals surface area contributed by atoms with Crippen LogP contribution in [0.5, 0.6) is 0 Å². The van der Waals surface area contributed by atoms with Crippen LogP contribution < -0.4 is 16.0 Å². The van der Waals surface area contributed by atoms with Gasteiger partial charge in [0.2, 0.25) is 11.8 Å². The van der Waals surface area contributed by atoms with Crippen LogP contribution in [0.15, 0.2) is 47.4 Å². The van der Waals surface area contributed by atoms with Gasteiger partial charge < -0.3 is 10.6 Å². The summed E-state index contributed by atoms with van der Waals surface area (Å²) in [4.78, 5) is 24.7. The van der Waals surface area contributed by atoms with Crippen molar-refractivity contribution in [2.24, 2.45) is 0 Å². The van der Waals surface area contributed by atoms with Crippen molar-refractivity contribution in [3.05, 3.63) is 59.4 Å². The lowest BCUT2D eigenvalue weighted by molar-refractivity contribution is -0.122. The Labute approximate surface area is 178 Å². The zero-order valence-corrected chi connectivity index (χ0v) is 18.1. The maximum atomic E-state index is 13.0. The van der Waals surface area contributed by atoms with Crippen LogP contribution >= 0.6 is 11.8 Å². The second-order valence-electron chi connectivity index (χ2n) is 6.97. The van der Waals surface area contributed by atoms with E-state index in [1.54, 1.807) is 26.0 Å². The number of amides is 2. The van der Waals surface area contributed by atoms with Gasteiger partial charge in [0.15, 0.2) is 15.1 Å². The summed E-state index contributed by atoms with van der Waals surface area (Å²) in [5.41, 5.74) is 1.25. The number of halogens is 1. The van der Waals surface area contributed by atoms with Crippen molar-refractivity contribution in [2.75, 3.05) is 17.6 Å². The molecule has 10 heteroatoms. The zero-order valence-electron chi connectivity index (χ0n) is 16.4. The van der Waals surface area contributed by atoms with E-state index in [1.165, 1.54) is 24.3 Å². The molecule has 0 aromatic heterocycles. The van der Waals surface area contributed by atoms with Crippen LogP contribution in [0.4, 0.5) is 10.1 Å². The summed E-state index contributed by atoms with van der Waals surface area (Å²) in [6.07, 6.45) is 0. The summed E-state index contributed by atoms with van der Waals surface area (Å²) in [5.74, 6) is -1.32. The monoisotopic (exact) mass is 451 g/mol. The van der Waals surface area contributed by atoms with Crippen LogP contribution in [0.25, 0.3) is 0 Å². The Balaban J connectivity index is 1.57. The van der Waals surface area contributed by atoms with Crippen LogP contribution in [-0.2, 0) is 19.4 Å². The summed E-state index contributed by atoms with van der Waals surface area (Å²) < 4.78 is 38.9. The number of carbonyl (C=O) groups excluding carboxylic acids is 2. The summed E-state index contributed by atoms with van der Waals surface area (Å²) >= 11 is 1.12. The van der Waals surface area contributed by atoms with Crippen molar-refractivity contribution in [1.82, 2.24) is 10.6 Å². The molecular formula is C20H22FN3O4S2. The Bertz CT molecular complexity index is 1060. The molecule has 1 heterocycles. The highest BCUT2D eigenvalue weighted by Crippen LogP contribution is 2.24. The molecule has 0 spiro atoms. The van der Waals surface area contributed by atoms with Crippen LogP contribution in [0.2, 0.25) is 0 Å². The number of anilines is 1. The first-order chi connectivity index (χ1) is 14.2. The van der Waals surface area contributed by atoms with Gasteiger partial charge in [-0.3, -0.25) is 14.9 Å². The molecule has 1 aliphatic rings. The van der Waals surface area contributed by atoms with E-state index in [0.29, 0.717) is 11.3 Å². The molecule has 2 aromatic carbocycles. The lowest BCUT2D eigenvalue weighted by atomic mass is 10.2. The quantitative estimate of drug-likeness (QED) is 0.620. The second-order valence-corrected chi connectivity index (χ2v) is 10.2. The summed E-state index contributed by atoms with van der Waals surface area (Å²) in [7, 11) is -3.86. The predicted molar refractivity (Wildman–Crippen MR) is 114 cm³/mol. The molecule has 3 N–H and O–H groups in total. The Morgan fingerprint density at radius 1 is 1.20 bits per heavy atom. The van der Waals surface area contributed by atoms with E-state index < -0.39 is 32.3 Å². The number of carbonyl (C=O) groups is 2. The molecule has 0 saturated carbocycles. The fourth-order valence-corrected chi connectivity index (χ4v) is 5.63. The third-order valence-electron chi connectivity index (χ3n) is 4.59. The van der Waals surface area contributed by atoms with Gasteiger partial charge in [-0.25, -0.2) is 12.8 Å². The number of sulfone groups is 1. The minimum atomic E-state index is -3.86. The normalized spacial score (nSPS) is 19.2. The van der Waals surface area contributed by atoms with Crippen molar-refractivity contribution in [2.45, 2.75) is 29.5 Å². The largest absolute Gasteiger partial charge is 0.331 e. The van der Waals surface area contributed by atoms with Gasteiger partial charge >= 0.3 is 0 Å². The first-order valence-electron chi connectivity index (χ1n) is 9.19. The highest BCUT2D eigenvalue weighted by molar-refractivity contribution is 8.00. The van der Waals surface area contributed by atoms with Gasteiger partial charge in [0.05, 0.1) is 10.6 Å². The van der Waals surface area contributed by atoms with Crippen LogP contribution in [-0.4, -0.2) is 43.3 Å². The molecule has 0 radical (unpaired) electrons. The van der Waals surface area contributed by atoms with Crippen LogP contribution in [0, 0.1) is 19.7 Å². The number of hydrogen-bond acceptors (Lipinski definition) is 6. The van der Waals surface area contributed by atoms with E-state index in [-0.39, 0.29) is 23.1 Å². The molecule has 1 saturated heterocycles. The van der Waals surface area contributed by atoms with Crippen molar-refractivity contribution in [1.29, 1.82) is 0 Å². The number of nitrogens with one attached hydrogen (secondary N) is 3. The molecule has 3 rings (SSSR count). The molecule has 1 fully saturated rings.